The van der Waals surface area contributed by atoms with Gasteiger partial charge in [-0.15, -0.1) is 0 Å². The minimum atomic E-state index is -1.56. The summed E-state index contributed by atoms with van der Waals surface area (Å²) in [5, 5.41) is 2.42. The molecule has 0 aromatic carbocycles. The monoisotopic (exact) mass is 196 g/mol. The molecular formula is C10H16O2Si. The maximum Gasteiger partial charge on any atom is 0.198 e. The molecule has 3 heteroatoms. The Morgan fingerprint density at radius 3 is 1.77 bits per heavy atom. The Morgan fingerprint density at radius 2 is 1.46 bits per heavy atom. The standard InChI is InChI=1S/C10H16O2Si/c1-13(2,9-5-3-7-11-9)10-6-4-8-12-10/h5-6H,3-4,7-8H2,1-2H3. The first-order valence-corrected chi connectivity index (χ1v) is 7.88. The lowest BCUT2D eigenvalue weighted by Gasteiger charge is -2.23. The molecule has 0 saturated heterocycles. The first kappa shape index (κ1) is 8.88. The van der Waals surface area contributed by atoms with Crippen LogP contribution in [0.1, 0.15) is 12.8 Å². The van der Waals surface area contributed by atoms with E-state index in [2.05, 4.69) is 25.2 Å². The Kier molecular flexibility index (Phi) is 2.20. The normalized spacial score (nSPS) is 22.0. The third-order valence-corrected chi connectivity index (χ3v) is 5.80. The van der Waals surface area contributed by atoms with E-state index in [9.17, 15) is 0 Å². The summed E-state index contributed by atoms with van der Waals surface area (Å²) < 4.78 is 11.3. The average molecular weight is 196 g/mol. The second-order valence-corrected chi connectivity index (χ2v) is 8.27. The molecule has 2 nitrogen and oxygen atoms in total. The van der Waals surface area contributed by atoms with Crippen molar-refractivity contribution in [1.82, 2.24) is 0 Å². The molecule has 2 aliphatic rings. The van der Waals surface area contributed by atoms with Crippen LogP contribution in [-0.2, 0) is 9.47 Å². The van der Waals surface area contributed by atoms with E-state index in [0.717, 1.165) is 26.1 Å². The van der Waals surface area contributed by atoms with E-state index in [-0.39, 0.29) is 0 Å². The van der Waals surface area contributed by atoms with Gasteiger partial charge >= 0.3 is 0 Å². The topological polar surface area (TPSA) is 18.5 Å². The predicted octanol–water partition coefficient (Wildman–Crippen LogP) is 2.38. The molecule has 0 radical (unpaired) electrons. The van der Waals surface area contributed by atoms with Gasteiger partial charge in [0.05, 0.1) is 24.0 Å². The SMILES string of the molecule is C[Si](C)(C1=CCCO1)C1=CCCO1. The number of ether oxygens (including phenoxy) is 2. The van der Waals surface area contributed by atoms with Crippen molar-refractivity contribution in [3.05, 3.63) is 22.9 Å². The van der Waals surface area contributed by atoms with Gasteiger partial charge in [-0.25, -0.2) is 0 Å². The van der Waals surface area contributed by atoms with Gasteiger partial charge in [0.15, 0.2) is 8.07 Å². The molecule has 0 aromatic heterocycles. The third kappa shape index (κ3) is 1.53. The molecule has 0 unspecified atom stereocenters. The van der Waals surface area contributed by atoms with Crippen LogP contribution in [0, 0.1) is 0 Å². The third-order valence-electron chi connectivity index (χ3n) is 2.64. The summed E-state index contributed by atoms with van der Waals surface area (Å²) in [6.45, 7) is 6.31. The molecule has 13 heavy (non-hydrogen) atoms. The van der Waals surface area contributed by atoms with Crippen LogP contribution >= 0.6 is 0 Å². The maximum atomic E-state index is 5.63. The van der Waals surface area contributed by atoms with Crippen LogP contribution in [0.5, 0.6) is 0 Å². The molecule has 72 valence electrons. The van der Waals surface area contributed by atoms with Gasteiger partial charge in [0.25, 0.3) is 0 Å². The summed E-state index contributed by atoms with van der Waals surface area (Å²) in [6.07, 6.45) is 6.60. The van der Waals surface area contributed by atoms with Gasteiger partial charge in [-0.3, -0.25) is 0 Å². The Morgan fingerprint density at radius 1 is 1.00 bits per heavy atom. The lowest BCUT2D eigenvalue weighted by Crippen LogP contribution is -2.33. The van der Waals surface area contributed by atoms with Crippen LogP contribution in [0.4, 0.5) is 0 Å². The molecule has 0 N–H and O–H groups in total. The summed E-state index contributed by atoms with van der Waals surface area (Å²) in [5.74, 6) is 0. The van der Waals surface area contributed by atoms with Gasteiger partial charge in [-0.05, 0) is 12.2 Å². The van der Waals surface area contributed by atoms with Gasteiger partial charge in [0.2, 0.25) is 0 Å². The van der Waals surface area contributed by atoms with Crippen molar-refractivity contribution in [2.24, 2.45) is 0 Å². The van der Waals surface area contributed by atoms with Crippen LogP contribution < -0.4 is 0 Å². The van der Waals surface area contributed by atoms with E-state index in [4.69, 9.17) is 9.47 Å². The van der Waals surface area contributed by atoms with Crippen LogP contribution in [0.25, 0.3) is 0 Å². The summed E-state index contributed by atoms with van der Waals surface area (Å²) in [4.78, 5) is 0. The average Bonchev–Trinajstić information content (AvgIpc) is 2.78. The fourth-order valence-corrected chi connectivity index (χ4v) is 4.31. The van der Waals surface area contributed by atoms with E-state index >= 15 is 0 Å². The van der Waals surface area contributed by atoms with Crippen molar-refractivity contribution in [1.29, 1.82) is 0 Å². The summed E-state index contributed by atoms with van der Waals surface area (Å²) in [5.41, 5.74) is 0. The highest BCUT2D eigenvalue weighted by atomic mass is 28.3. The van der Waals surface area contributed by atoms with Gasteiger partial charge < -0.3 is 9.47 Å². The summed E-state index contributed by atoms with van der Waals surface area (Å²) >= 11 is 0. The van der Waals surface area contributed by atoms with E-state index in [1.807, 2.05) is 0 Å². The van der Waals surface area contributed by atoms with Crippen molar-refractivity contribution in [3.63, 3.8) is 0 Å². The van der Waals surface area contributed by atoms with Crippen molar-refractivity contribution in [2.45, 2.75) is 25.9 Å². The van der Waals surface area contributed by atoms with Crippen molar-refractivity contribution >= 4 is 8.07 Å². The second kappa shape index (κ2) is 3.22. The van der Waals surface area contributed by atoms with Crippen molar-refractivity contribution < 1.29 is 9.47 Å². The predicted molar refractivity (Wildman–Crippen MR) is 54.8 cm³/mol. The molecule has 0 amide bonds. The molecule has 2 rings (SSSR count). The number of hydrogen-bond donors (Lipinski definition) is 0. The Balaban J connectivity index is 2.18. The van der Waals surface area contributed by atoms with Crippen LogP contribution in [0.2, 0.25) is 13.1 Å². The Bertz CT molecular complexity index is 240. The molecule has 2 heterocycles. The van der Waals surface area contributed by atoms with Gasteiger partial charge in [0, 0.05) is 12.8 Å². The van der Waals surface area contributed by atoms with Gasteiger partial charge in [-0.1, -0.05) is 13.1 Å². The highest BCUT2D eigenvalue weighted by Crippen LogP contribution is 2.31. The lowest BCUT2D eigenvalue weighted by molar-refractivity contribution is 0.248. The zero-order valence-corrected chi connectivity index (χ0v) is 9.30. The first-order valence-electron chi connectivity index (χ1n) is 4.88. The van der Waals surface area contributed by atoms with E-state index < -0.39 is 8.07 Å². The van der Waals surface area contributed by atoms with E-state index in [1.165, 1.54) is 10.8 Å². The molecule has 0 aromatic rings. The quantitative estimate of drug-likeness (QED) is 0.631. The van der Waals surface area contributed by atoms with Gasteiger partial charge in [0.1, 0.15) is 0 Å². The number of hydrogen-bond acceptors (Lipinski definition) is 2. The van der Waals surface area contributed by atoms with Crippen LogP contribution in [-0.4, -0.2) is 21.3 Å². The maximum absolute atomic E-state index is 5.63. The largest absolute Gasteiger partial charge is 0.502 e. The number of rotatable bonds is 2. The highest BCUT2D eigenvalue weighted by Gasteiger charge is 2.37. The molecule has 0 atom stereocenters. The molecule has 2 aliphatic heterocycles. The molecule has 0 spiro atoms. The van der Waals surface area contributed by atoms with E-state index in [0.29, 0.717) is 0 Å². The molecule has 0 fully saturated rings. The minimum Gasteiger partial charge on any atom is -0.502 e. The minimum absolute atomic E-state index is 0.860. The van der Waals surface area contributed by atoms with Crippen LogP contribution in [0.15, 0.2) is 22.9 Å². The van der Waals surface area contributed by atoms with E-state index in [1.54, 1.807) is 0 Å². The molecule has 0 saturated carbocycles. The van der Waals surface area contributed by atoms with Crippen LogP contribution in [0.3, 0.4) is 0 Å². The second-order valence-electron chi connectivity index (χ2n) is 4.04. The smallest absolute Gasteiger partial charge is 0.198 e. The zero-order chi connectivity index (χ0) is 9.31. The highest BCUT2D eigenvalue weighted by molar-refractivity contribution is 6.89. The van der Waals surface area contributed by atoms with Crippen molar-refractivity contribution in [2.75, 3.05) is 13.2 Å². The Labute approximate surface area is 80.2 Å². The fourth-order valence-electron chi connectivity index (χ4n) is 1.83. The molecule has 0 bridgehead atoms. The Hall–Kier alpha value is -0.703. The van der Waals surface area contributed by atoms with Crippen molar-refractivity contribution in [3.8, 4) is 0 Å². The van der Waals surface area contributed by atoms with Gasteiger partial charge in [-0.2, -0.15) is 0 Å². The zero-order valence-electron chi connectivity index (χ0n) is 8.30. The lowest BCUT2D eigenvalue weighted by atomic mass is 10.5. The molecule has 0 aliphatic carbocycles. The molecular weight excluding hydrogens is 180 g/mol. The summed E-state index contributed by atoms with van der Waals surface area (Å²) in [7, 11) is -1.56. The summed E-state index contributed by atoms with van der Waals surface area (Å²) in [6, 6.07) is 0. The fraction of sp³-hybridized carbons (Fsp3) is 0.600. The first-order chi connectivity index (χ1) is 6.21.